The van der Waals surface area contributed by atoms with Crippen LogP contribution in [0, 0.1) is 0 Å². The largest absolute Gasteiger partial charge is 0.396 e. The van der Waals surface area contributed by atoms with Crippen molar-refractivity contribution in [2.24, 2.45) is 5.73 Å². The number of rotatable bonds is 14. The van der Waals surface area contributed by atoms with Crippen molar-refractivity contribution in [3.63, 3.8) is 0 Å². The summed E-state index contributed by atoms with van der Waals surface area (Å²) < 4.78 is 0. The van der Waals surface area contributed by atoms with Gasteiger partial charge in [0.2, 0.25) is 5.91 Å². The summed E-state index contributed by atoms with van der Waals surface area (Å²) in [5.74, 6) is 0.00139. The Labute approximate surface area is 122 Å². The van der Waals surface area contributed by atoms with E-state index in [1.807, 2.05) is 0 Å². The van der Waals surface area contributed by atoms with Crippen molar-refractivity contribution in [2.45, 2.75) is 70.3 Å². The molecule has 0 aromatic rings. The van der Waals surface area contributed by atoms with Crippen LogP contribution in [-0.4, -0.2) is 41.9 Å². The van der Waals surface area contributed by atoms with Crippen molar-refractivity contribution in [3.05, 3.63) is 0 Å². The van der Waals surface area contributed by atoms with Crippen LogP contribution >= 0.6 is 0 Å². The zero-order valence-electron chi connectivity index (χ0n) is 12.6. The van der Waals surface area contributed by atoms with Gasteiger partial charge >= 0.3 is 0 Å². The van der Waals surface area contributed by atoms with Gasteiger partial charge in [-0.25, -0.2) is 0 Å². The third-order valence-corrected chi connectivity index (χ3v) is 3.37. The maximum atomic E-state index is 11.4. The monoisotopic (exact) mass is 288 g/mol. The number of aliphatic hydroxyl groups is 2. The normalized spacial score (nSPS) is 12.3. The molecular weight excluding hydrogens is 256 g/mol. The number of hydrogen-bond acceptors (Lipinski definition) is 4. The molecule has 5 nitrogen and oxygen atoms in total. The van der Waals surface area contributed by atoms with E-state index in [0.717, 1.165) is 25.7 Å². The molecule has 0 fully saturated rings. The predicted molar refractivity (Wildman–Crippen MR) is 81.3 cm³/mol. The molecule has 0 aliphatic rings. The fraction of sp³-hybridized carbons (Fsp3) is 0.933. The Bertz CT molecular complexity index is 225. The van der Waals surface area contributed by atoms with Crippen LogP contribution in [0.15, 0.2) is 0 Å². The number of carbonyl (C=O) groups excluding carboxylic acids is 1. The van der Waals surface area contributed by atoms with Crippen LogP contribution in [0.1, 0.15) is 64.2 Å². The summed E-state index contributed by atoms with van der Waals surface area (Å²) in [5.41, 5.74) is 5.25. The highest BCUT2D eigenvalue weighted by molar-refractivity contribution is 5.75. The average Bonchev–Trinajstić information content (AvgIpc) is 2.46. The number of carbonyl (C=O) groups is 1. The molecule has 5 N–H and O–H groups in total. The molecule has 0 aromatic heterocycles. The van der Waals surface area contributed by atoms with Gasteiger partial charge in [0, 0.05) is 26.1 Å². The van der Waals surface area contributed by atoms with Crippen molar-refractivity contribution >= 4 is 5.91 Å². The minimum absolute atomic E-state index is 0.00139. The Hall–Kier alpha value is -0.650. The van der Waals surface area contributed by atoms with Gasteiger partial charge in [0.15, 0.2) is 0 Å². The number of hydrogen-bond donors (Lipinski definition) is 4. The third kappa shape index (κ3) is 13.8. The molecule has 0 radical (unpaired) electrons. The maximum Gasteiger partial charge on any atom is 0.220 e. The van der Waals surface area contributed by atoms with E-state index >= 15 is 0 Å². The molecule has 0 saturated carbocycles. The van der Waals surface area contributed by atoms with Gasteiger partial charge in [-0.15, -0.1) is 0 Å². The van der Waals surface area contributed by atoms with Crippen molar-refractivity contribution in [1.29, 1.82) is 0 Å². The Balaban J connectivity index is 3.17. The van der Waals surface area contributed by atoms with Gasteiger partial charge in [0.05, 0.1) is 6.10 Å². The third-order valence-electron chi connectivity index (χ3n) is 3.37. The van der Waals surface area contributed by atoms with E-state index in [-0.39, 0.29) is 19.0 Å². The highest BCUT2D eigenvalue weighted by Gasteiger charge is 2.04. The smallest absolute Gasteiger partial charge is 0.220 e. The van der Waals surface area contributed by atoms with Crippen LogP contribution in [0.2, 0.25) is 0 Å². The Morgan fingerprint density at radius 1 is 0.950 bits per heavy atom. The summed E-state index contributed by atoms with van der Waals surface area (Å²) in [7, 11) is 0. The van der Waals surface area contributed by atoms with Crippen LogP contribution in [0.5, 0.6) is 0 Å². The molecule has 1 unspecified atom stereocenters. The lowest BCUT2D eigenvalue weighted by Crippen LogP contribution is -2.35. The first-order valence-electron chi connectivity index (χ1n) is 7.96. The predicted octanol–water partition coefficient (Wildman–Crippen LogP) is 1.32. The minimum atomic E-state index is -0.634. The molecule has 1 amide bonds. The lowest BCUT2D eigenvalue weighted by Gasteiger charge is -2.09. The summed E-state index contributed by atoms with van der Waals surface area (Å²) in [6.07, 6.45) is 10.1. The number of aliphatic hydroxyl groups excluding tert-OH is 2. The van der Waals surface area contributed by atoms with Crippen LogP contribution in [0.3, 0.4) is 0 Å². The number of unbranched alkanes of at least 4 members (excludes halogenated alkanes) is 8. The summed E-state index contributed by atoms with van der Waals surface area (Å²) in [6.45, 7) is 0.742. The lowest BCUT2D eigenvalue weighted by atomic mass is 10.1. The molecule has 20 heavy (non-hydrogen) atoms. The minimum Gasteiger partial charge on any atom is -0.396 e. The summed E-state index contributed by atoms with van der Waals surface area (Å²) in [4.78, 5) is 11.4. The summed E-state index contributed by atoms with van der Waals surface area (Å²) >= 11 is 0. The number of nitrogens with one attached hydrogen (secondary N) is 1. The second kappa shape index (κ2) is 14.8. The highest BCUT2D eigenvalue weighted by atomic mass is 16.3. The second-order valence-electron chi connectivity index (χ2n) is 5.35. The first-order valence-corrected chi connectivity index (χ1v) is 7.96. The van der Waals surface area contributed by atoms with Gasteiger partial charge in [-0.3, -0.25) is 4.79 Å². The molecule has 0 aromatic carbocycles. The van der Waals surface area contributed by atoms with Gasteiger partial charge in [-0.2, -0.15) is 0 Å². The molecule has 0 heterocycles. The van der Waals surface area contributed by atoms with E-state index in [0.29, 0.717) is 13.0 Å². The van der Waals surface area contributed by atoms with Gasteiger partial charge in [-0.05, 0) is 12.8 Å². The van der Waals surface area contributed by atoms with Crippen molar-refractivity contribution in [3.8, 4) is 0 Å². The molecule has 0 bridgehead atoms. The molecule has 0 saturated heterocycles. The van der Waals surface area contributed by atoms with Crippen LogP contribution in [-0.2, 0) is 4.79 Å². The zero-order valence-corrected chi connectivity index (χ0v) is 12.6. The Kier molecular flexibility index (Phi) is 14.3. The van der Waals surface area contributed by atoms with Gasteiger partial charge in [-0.1, -0.05) is 44.9 Å². The molecule has 0 aliphatic carbocycles. The maximum absolute atomic E-state index is 11.4. The van der Waals surface area contributed by atoms with E-state index in [1.165, 1.54) is 32.1 Å². The van der Waals surface area contributed by atoms with E-state index in [9.17, 15) is 9.90 Å². The zero-order chi connectivity index (χ0) is 15.1. The fourth-order valence-corrected chi connectivity index (χ4v) is 2.04. The van der Waals surface area contributed by atoms with Crippen molar-refractivity contribution in [2.75, 3.05) is 19.7 Å². The first-order chi connectivity index (χ1) is 9.70. The quantitative estimate of drug-likeness (QED) is 0.362. The summed E-state index contributed by atoms with van der Waals surface area (Å²) in [5, 5.41) is 20.5. The number of amides is 1. The van der Waals surface area contributed by atoms with E-state index in [2.05, 4.69) is 5.32 Å². The first kappa shape index (κ1) is 19.4. The molecule has 120 valence electrons. The van der Waals surface area contributed by atoms with Crippen molar-refractivity contribution in [1.82, 2.24) is 5.32 Å². The lowest BCUT2D eigenvalue weighted by molar-refractivity contribution is -0.121. The molecule has 0 aliphatic heterocycles. The highest BCUT2D eigenvalue weighted by Crippen LogP contribution is 2.10. The summed E-state index contributed by atoms with van der Waals surface area (Å²) in [6, 6.07) is 0. The van der Waals surface area contributed by atoms with Gasteiger partial charge < -0.3 is 21.3 Å². The number of nitrogens with two attached hydrogens (primary N) is 1. The fourth-order valence-electron chi connectivity index (χ4n) is 2.04. The van der Waals surface area contributed by atoms with Crippen LogP contribution in [0.25, 0.3) is 0 Å². The van der Waals surface area contributed by atoms with Crippen LogP contribution in [0.4, 0.5) is 0 Å². The van der Waals surface area contributed by atoms with E-state index in [1.54, 1.807) is 0 Å². The van der Waals surface area contributed by atoms with E-state index in [4.69, 9.17) is 10.8 Å². The van der Waals surface area contributed by atoms with Crippen molar-refractivity contribution < 1.29 is 15.0 Å². The molecule has 0 spiro atoms. The second-order valence-corrected chi connectivity index (χ2v) is 5.35. The van der Waals surface area contributed by atoms with Gasteiger partial charge in [0.25, 0.3) is 0 Å². The Morgan fingerprint density at radius 2 is 1.45 bits per heavy atom. The molecule has 0 rings (SSSR count). The SMILES string of the molecule is NCC(O)CNC(=O)CCCCCCCCCCCO. The standard InChI is InChI=1S/C15H32N2O3/c16-12-14(19)13-17-15(20)10-8-6-4-2-1-3-5-7-9-11-18/h14,18-19H,1-13,16H2,(H,17,20). The van der Waals surface area contributed by atoms with E-state index < -0.39 is 6.10 Å². The molecular formula is C15H32N2O3. The molecule has 5 heteroatoms. The topological polar surface area (TPSA) is 95.6 Å². The average molecular weight is 288 g/mol. The van der Waals surface area contributed by atoms with Crippen LogP contribution < -0.4 is 11.1 Å². The molecule has 1 atom stereocenters. The Morgan fingerprint density at radius 3 is 1.95 bits per heavy atom. The van der Waals surface area contributed by atoms with Gasteiger partial charge in [0.1, 0.15) is 0 Å².